The first-order chi connectivity index (χ1) is 15.1. The van der Waals surface area contributed by atoms with Crippen LogP contribution in [0.5, 0.6) is 0 Å². The maximum atomic E-state index is 13.3. The van der Waals surface area contributed by atoms with Gasteiger partial charge in [0.25, 0.3) is 5.91 Å². The van der Waals surface area contributed by atoms with Crippen molar-refractivity contribution in [2.75, 3.05) is 31.1 Å². The molecule has 0 bridgehead atoms. The number of benzene rings is 2. The standard InChI is InChI=1S/C25H25FN4O/c26-22-9-7-20(8-10-22)23(31)29-15-21-16-30(24-27-13-4-14-28-24)18-25(21,17-29)12-11-19-5-2-1-3-6-19/h1-10,13-14,21H,11-12,15-18H2/t21-,25+/m1/s1. The minimum atomic E-state index is -0.326. The number of aryl methyl sites for hydroxylation is 1. The summed E-state index contributed by atoms with van der Waals surface area (Å²) < 4.78 is 13.3. The molecule has 0 aliphatic carbocycles. The van der Waals surface area contributed by atoms with Gasteiger partial charge >= 0.3 is 0 Å². The molecule has 2 aromatic carbocycles. The normalized spacial score (nSPS) is 22.5. The Bertz CT molecular complexity index is 1040. The molecule has 3 aromatic rings. The van der Waals surface area contributed by atoms with Gasteiger partial charge in [-0.2, -0.15) is 0 Å². The van der Waals surface area contributed by atoms with E-state index < -0.39 is 0 Å². The zero-order valence-electron chi connectivity index (χ0n) is 17.3. The first-order valence-corrected chi connectivity index (χ1v) is 10.7. The first-order valence-electron chi connectivity index (χ1n) is 10.7. The average Bonchev–Trinajstić information content (AvgIpc) is 3.34. The van der Waals surface area contributed by atoms with Gasteiger partial charge in [-0.05, 0) is 48.7 Å². The van der Waals surface area contributed by atoms with E-state index in [2.05, 4.69) is 39.1 Å². The Balaban J connectivity index is 1.38. The molecule has 1 amide bonds. The van der Waals surface area contributed by atoms with Gasteiger partial charge in [0, 0.05) is 55.5 Å². The van der Waals surface area contributed by atoms with Crippen LogP contribution in [-0.2, 0) is 6.42 Å². The number of aromatic nitrogens is 2. The van der Waals surface area contributed by atoms with Crippen molar-refractivity contribution in [3.8, 4) is 0 Å². The van der Waals surface area contributed by atoms with Crippen molar-refractivity contribution in [3.63, 3.8) is 0 Å². The number of amides is 1. The third-order valence-corrected chi connectivity index (χ3v) is 6.73. The van der Waals surface area contributed by atoms with Crippen molar-refractivity contribution >= 4 is 11.9 Å². The van der Waals surface area contributed by atoms with Gasteiger partial charge in [-0.25, -0.2) is 14.4 Å². The molecule has 6 heteroatoms. The molecule has 1 aromatic heterocycles. The molecule has 0 N–H and O–H groups in total. The molecule has 2 aliphatic rings. The SMILES string of the molecule is O=C(c1ccc(F)cc1)N1C[C@@H]2CN(c3ncccn3)C[C@]2(CCc2ccccc2)C1. The number of anilines is 1. The minimum absolute atomic E-state index is 0.00919. The Labute approximate surface area is 181 Å². The van der Waals surface area contributed by atoms with Crippen LogP contribution in [0.4, 0.5) is 10.3 Å². The summed E-state index contributed by atoms with van der Waals surface area (Å²) in [7, 11) is 0. The largest absolute Gasteiger partial charge is 0.340 e. The van der Waals surface area contributed by atoms with E-state index in [4.69, 9.17) is 0 Å². The van der Waals surface area contributed by atoms with E-state index in [9.17, 15) is 9.18 Å². The Kier molecular flexibility index (Phi) is 5.14. The number of likely N-dealkylation sites (tertiary alicyclic amines) is 1. The van der Waals surface area contributed by atoms with Crippen LogP contribution in [0.15, 0.2) is 73.1 Å². The molecule has 3 heterocycles. The average molecular weight is 417 g/mol. The summed E-state index contributed by atoms with van der Waals surface area (Å²) in [5.41, 5.74) is 1.85. The van der Waals surface area contributed by atoms with Gasteiger partial charge in [0.05, 0.1) is 0 Å². The van der Waals surface area contributed by atoms with E-state index in [0.717, 1.165) is 31.9 Å². The minimum Gasteiger partial charge on any atom is -0.340 e. The highest BCUT2D eigenvalue weighted by atomic mass is 19.1. The molecular weight excluding hydrogens is 391 g/mol. The zero-order valence-corrected chi connectivity index (χ0v) is 17.3. The molecule has 0 unspecified atom stereocenters. The number of rotatable bonds is 5. The van der Waals surface area contributed by atoms with E-state index in [1.165, 1.54) is 17.7 Å². The number of carbonyl (C=O) groups is 1. The number of carbonyl (C=O) groups excluding carboxylic acids is 1. The second-order valence-electron chi connectivity index (χ2n) is 8.67. The Morgan fingerprint density at radius 1 is 0.968 bits per heavy atom. The van der Waals surface area contributed by atoms with Crippen molar-refractivity contribution < 1.29 is 9.18 Å². The van der Waals surface area contributed by atoms with E-state index in [-0.39, 0.29) is 17.1 Å². The van der Waals surface area contributed by atoms with Gasteiger partial charge in [-0.1, -0.05) is 30.3 Å². The number of fused-ring (bicyclic) bond motifs is 1. The van der Waals surface area contributed by atoms with Crippen molar-refractivity contribution in [1.29, 1.82) is 0 Å². The summed E-state index contributed by atoms with van der Waals surface area (Å²) in [6, 6.07) is 18.2. The van der Waals surface area contributed by atoms with Gasteiger partial charge in [0.1, 0.15) is 5.82 Å². The maximum Gasteiger partial charge on any atom is 0.253 e. The zero-order chi connectivity index (χ0) is 21.3. The fraction of sp³-hybridized carbons (Fsp3) is 0.320. The topological polar surface area (TPSA) is 49.3 Å². The number of halogens is 1. The van der Waals surface area contributed by atoms with Gasteiger partial charge < -0.3 is 9.80 Å². The maximum absolute atomic E-state index is 13.3. The summed E-state index contributed by atoms with van der Waals surface area (Å²) in [6.07, 6.45) is 5.52. The second kappa shape index (κ2) is 8.10. The van der Waals surface area contributed by atoms with E-state index in [1.54, 1.807) is 24.5 Å². The predicted molar refractivity (Wildman–Crippen MR) is 117 cm³/mol. The lowest BCUT2D eigenvalue weighted by molar-refractivity contribution is 0.0770. The molecule has 2 aliphatic heterocycles. The van der Waals surface area contributed by atoms with Crippen molar-refractivity contribution in [2.45, 2.75) is 12.8 Å². The third-order valence-electron chi connectivity index (χ3n) is 6.73. The third kappa shape index (κ3) is 3.90. The lowest BCUT2D eigenvalue weighted by Gasteiger charge is -2.29. The molecule has 5 nitrogen and oxygen atoms in total. The van der Waals surface area contributed by atoms with Crippen molar-refractivity contribution in [3.05, 3.63) is 90.0 Å². The highest BCUT2D eigenvalue weighted by Crippen LogP contribution is 2.46. The monoisotopic (exact) mass is 416 g/mol. The molecule has 0 spiro atoms. The van der Waals surface area contributed by atoms with Gasteiger partial charge in [-0.3, -0.25) is 4.79 Å². The quantitative estimate of drug-likeness (QED) is 0.634. The van der Waals surface area contributed by atoms with E-state index in [1.807, 2.05) is 17.0 Å². The summed E-state index contributed by atoms with van der Waals surface area (Å²) in [5, 5.41) is 0. The summed E-state index contributed by atoms with van der Waals surface area (Å²) in [6.45, 7) is 3.08. The Morgan fingerprint density at radius 3 is 2.45 bits per heavy atom. The van der Waals surface area contributed by atoms with Gasteiger partial charge in [-0.15, -0.1) is 0 Å². The van der Waals surface area contributed by atoms with Gasteiger partial charge in [0.2, 0.25) is 5.95 Å². The number of hydrogen-bond acceptors (Lipinski definition) is 4. The smallest absolute Gasteiger partial charge is 0.253 e. The molecule has 2 atom stereocenters. The molecule has 2 fully saturated rings. The van der Waals surface area contributed by atoms with Crippen LogP contribution in [0.3, 0.4) is 0 Å². The predicted octanol–water partition coefficient (Wildman–Crippen LogP) is 3.83. The highest BCUT2D eigenvalue weighted by molar-refractivity contribution is 5.94. The summed E-state index contributed by atoms with van der Waals surface area (Å²) >= 11 is 0. The first kappa shape index (κ1) is 19.7. The van der Waals surface area contributed by atoms with Crippen molar-refractivity contribution in [1.82, 2.24) is 14.9 Å². The Hall–Kier alpha value is -3.28. The molecule has 0 radical (unpaired) electrons. The molecule has 31 heavy (non-hydrogen) atoms. The van der Waals surface area contributed by atoms with Crippen LogP contribution in [0.25, 0.3) is 0 Å². The van der Waals surface area contributed by atoms with E-state index >= 15 is 0 Å². The molecule has 5 rings (SSSR count). The Morgan fingerprint density at radius 2 is 1.71 bits per heavy atom. The van der Waals surface area contributed by atoms with Crippen LogP contribution in [0.2, 0.25) is 0 Å². The van der Waals surface area contributed by atoms with Crippen LogP contribution < -0.4 is 4.90 Å². The summed E-state index contributed by atoms with van der Waals surface area (Å²) in [5.74, 6) is 0.764. The van der Waals surface area contributed by atoms with Crippen LogP contribution in [-0.4, -0.2) is 47.0 Å². The lowest BCUT2D eigenvalue weighted by atomic mass is 9.76. The van der Waals surface area contributed by atoms with Crippen LogP contribution in [0.1, 0.15) is 22.3 Å². The van der Waals surface area contributed by atoms with E-state index in [0.29, 0.717) is 24.6 Å². The van der Waals surface area contributed by atoms with Crippen molar-refractivity contribution in [2.24, 2.45) is 11.3 Å². The molecule has 0 saturated carbocycles. The molecule has 158 valence electrons. The lowest BCUT2D eigenvalue weighted by Crippen LogP contribution is -2.37. The molecule has 2 saturated heterocycles. The number of hydrogen-bond donors (Lipinski definition) is 0. The highest BCUT2D eigenvalue weighted by Gasteiger charge is 2.53. The summed E-state index contributed by atoms with van der Waals surface area (Å²) in [4.78, 5) is 26.2. The number of nitrogens with zero attached hydrogens (tertiary/aromatic N) is 4. The van der Waals surface area contributed by atoms with Crippen LogP contribution in [0, 0.1) is 17.2 Å². The fourth-order valence-corrected chi connectivity index (χ4v) is 5.11. The van der Waals surface area contributed by atoms with Crippen LogP contribution >= 0.6 is 0 Å². The fourth-order valence-electron chi connectivity index (χ4n) is 5.11. The van der Waals surface area contributed by atoms with Gasteiger partial charge in [0.15, 0.2) is 0 Å². The second-order valence-corrected chi connectivity index (χ2v) is 8.67. The molecular formula is C25H25FN4O.